The van der Waals surface area contributed by atoms with Crippen molar-refractivity contribution in [2.75, 3.05) is 0 Å². The van der Waals surface area contributed by atoms with Crippen LogP contribution in [0.3, 0.4) is 0 Å². The summed E-state index contributed by atoms with van der Waals surface area (Å²) in [5.74, 6) is 1.06. The van der Waals surface area contributed by atoms with Gasteiger partial charge in [-0.3, -0.25) is 9.78 Å². The molecule has 4 rings (SSSR count). The molecule has 102 valence electrons. The Balaban J connectivity index is 1.80. The molecular weight excluding hydrogens is 252 g/mol. The monoisotopic (exact) mass is 268 g/mol. The van der Waals surface area contributed by atoms with Crippen LogP contribution in [0.4, 0.5) is 0 Å². The van der Waals surface area contributed by atoms with Crippen molar-refractivity contribution in [2.24, 2.45) is 11.8 Å². The van der Waals surface area contributed by atoms with E-state index in [-0.39, 0.29) is 5.92 Å². The maximum absolute atomic E-state index is 11.6. The van der Waals surface area contributed by atoms with Crippen molar-refractivity contribution in [3.8, 4) is 0 Å². The number of hydrogen-bond acceptors (Lipinski definition) is 4. The van der Waals surface area contributed by atoms with Gasteiger partial charge < -0.3 is 5.11 Å². The Labute approximate surface area is 116 Å². The van der Waals surface area contributed by atoms with Crippen molar-refractivity contribution in [2.45, 2.75) is 32.1 Å². The Morgan fingerprint density at radius 1 is 1.10 bits per heavy atom. The lowest BCUT2D eigenvalue weighted by atomic mass is 9.69. The fraction of sp³-hybridized carbons (Fsp3) is 0.438. The van der Waals surface area contributed by atoms with Gasteiger partial charge in [-0.1, -0.05) is 17.2 Å². The van der Waals surface area contributed by atoms with E-state index in [1.165, 1.54) is 11.1 Å². The quantitative estimate of drug-likeness (QED) is 0.713. The first-order chi connectivity index (χ1) is 9.72. The second kappa shape index (κ2) is 4.27. The molecule has 1 heterocycles. The lowest BCUT2D eigenvalue weighted by Crippen LogP contribution is -2.42. The average molecular weight is 268 g/mol. The Hall–Kier alpha value is -1.97. The highest BCUT2D eigenvalue weighted by atomic mass is 16.3. The molecule has 4 nitrogen and oxygen atoms in total. The molecule has 0 saturated carbocycles. The van der Waals surface area contributed by atoms with Gasteiger partial charge in [-0.25, -0.2) is 4.98 Å². The molecule has 3 aliphatic carbocycles. The zero-order chi connectivity index (χ0) is 13.7. The van der Waals surface area contributed by atoms with E-state index in [1.54, 1.807) is 12.4 Å². The molecule has 1 aromatic rings. The molecule has 0 aromatic carbocycles. The number of aliphatic hydroxyl groups is 1. The normalized spacial score (nSPS) is 28.4. The minimum absolute atomic E-state index is 0.0730. The van der Waals surface area contributed by atoms with E-state index in [0.717, 1.165) is 24.6 Å². The molecule has 0 fully saturated rings. The van der Waals surface area contributed by atoms with Crippen LogP contribution in [0, 0.1) is 11.8 Å². The molecule has 4 heteroatoms. The molecule has 2 unspecified atom stereocenters. The largest absolute Gasteiger partial charge is 0.510 e. The number of aliphatic hydroxyl groups excluding tert-OH is 1. The second-order valence-corrected chi connectivity index (χ2v) is 5.94. The van der Waals surface area contributed by atoms with E-state index in [9.17, 15) is 9.90 Å². The highest BCUT2D eigenvalue weighted by Gasteiger charge is 2.35. The standard InChI is InChI=1S/C16H16N2O2/c19-12-2-1-9-5-11-8-14-15(18-4-3-17-14)16(20)13(11)7-10(9)6-12/h3-4,8,11,13,20H,1-2,5-7H2. The van der Waals surface area contributed by atoms with E-state index in [2.05, 4.69) is 16.0 Å². The maximum Gasteiger partial charge on any atom is 0.137 e. The third-order valence-electron chi connectivity index (χ3n) is 4.77. The molecule has 0 spiro atoms. The first-order valence-corrected chi connectivity index (χ1v) is 7.16. The average Bonchev–Trinajstić information content (AvgIpc) is 2.46. The zero-order valence-electron chi connectivity index (χ0n) is 11.2. The van der Waals surface area contributed by atoms with E-state index in [4.69, 9.17) is 0 Å². The van der Waals surface area contributed by atoms with Crippen molar-refractivity contribution in [1.29, 1.82) is 0 Å². The van der Waals surface area contributed by atoms with Crippen LogP contribution in [-0.4, -0.2) is 20.9 Å². The summed E-state index contributed by atoms with van der Waals surface area (Å²) in [5.41, 5.74) is 2.69. The van der Waals surface area contributed by atoms with Gasteiger partial charge in [0.1, 0.15) is 16.9 Å². The van der Waals surface area contributed by atoms with Crippen molar-refractivity contribution in [3.05, 3.63) is 34.2 Å². The number of aromatic nitrogens is 2. The Bertz CT molecular complexity index is 748. The molecule has 0 saturated heterocycles. The molecule has 1 N–H and O–H groups in total. The fourth-order valence-electron chi connectivity index (χ4n) is 3.75. The van der Waals surface area contributed by atoms with Crippen LogP contribution in [-0.2, 0) is 4.79 Å². The van der Waals surface area contributed by atoms with Crippen LogP contribution < -0.4 is 10.7 Å². The Morgan fingerprint density at radius 3 is 2.85 bits per heavy atom. The lowest BCUT2D eigenvalue weighted by Gasteiger charge is -2.35. The highest BCUT2D eigenvalue weighted by molar-refractivity contribution is 5.83. The SMILES string of the molecule is O=C1CCC2=C(C1)CC1C(O)=c3nccnc3=CC1C2. The number of ketones is 1. The molecule has 2 atom stereocenters. The van der Waals surface area contributed by atoms with Crippen LogP contribution in [0.2, 0.25) is 0 Å². The number of hydrogen-bond donors (Lipinski definition) is 1. The number of nitrogens with zero attached hydrogens (tertiary/aromatic N) is 2. The third-order valence-corrected chi connectivity index (χ3v) is 4.77. The lowest BCUT2D eigenvalue weighted by molar-refractivity contribution is -0.118. The van der Waals surface area contributed by atoms with Gasteiger partial charge in [0.05, 0.1) is 5.35 Å². The summed E-state index contributed by atoms with van der Waals surface area (Å²) in [6.07, 6.45) is 9.34. The van der Waals surface area contributed by atoms with Crippen LogP contribution in [0.1, 0.15) is 32.1 Å². The van der Waals surface area contributed by atoms with Crippen LogP contribution >= 0.6 is 0 Å². The number of rotatable bonds is 0. The van der Waals surface area contributed by atoms with Gasteiger partial charge >= 0.3 is 0 Å². The smallest absolute Gasteiger partial charge is 0.137 e. The van der Waals surface area contributed by atoms with Gasteiger partial charge in [0.15, 0.2) is 0 Å². The topological polar surface area (TPSA) is 63.1 Å². The van der Waals surface area contributed by atoms with Gasteiger partial charge in [-0.15, -0.1) is 0 Å². The van der Waals surface area contributed by atoms with E-state index < -0.39 is 0 Å². The maximum atomic E-state index is 11.6. The molecular formula is C16H16N2O2. The minimum Gasteiger partial charge on any atom is -0.510 e. The molecule has 0 aliphatic heterocycles. The summed E-state index contributed by atoms with van der Waals surface area (Å²) >= 11 is 0. The Morgan fingerprint density at radius 2 is 1.95 bits per heavy atom. The first-order valence-electron chi connectivity index (χ1n) is 7.16. The van der Waals surface area contributed by atoms with Crippen molar-refractivity contribution < 1.29 is 9.90 Å². The number of allylic oxidation sites excluding steroid dienone is 2. The van der Waals surface area contributed by atoms with Crippen molar-refractivity contribution >= 4 is 17.6 Å². The first kappa shape index (κ1) is 11.8. The van der Waals surface area contributed by atoms with Crippen LogP contribution in [0.5, 0.6) is 0 Å². The van der Waals surface area contributed by atoms with Crippen LogP contribution in [0.25, 0.3) is 11.8 Å². The van der Waals surface area contributed by atoms with Crippen molar-refractivity contribution in [1.82, 2.24) is 9.97 Å². The summed E-state index contributed by atoms with van der Waals surface area (Å²) in [4.78, 5) is 20.2. The highest BCUT2D eigenvalue weighted by Crippen LogP contribution is 2.43. The predicted octanol–water partition coefficient (Wildman–Crippen LogP) is 1.01. The summed E-state index contributed by atoms with van der Waals surface area (Å²) in [7, 11) is 0. The number of carbonyl (C=O) groups is 1. The summed E-state index contributed by atoms with van der Waals surface area (Å²) in [6.45, 7) is 0. The zero-order valence-corrected chi connectivity index (χ0v) is 11.2. The van der Waals surface area contributed by atoms with Crippen LogP contribution in [0.15, 0.2) is 23.5 Å². The second-order valence-electron chi connectivity index (χ2n) is 5.94. The predicted molar refractivity (Wildman–Crippen MR) is 73.9 cm³/mol. The Kier molecular flexibility index (Phi) is 2.52. The molecule has 1 aromatic heterocycles. The summed E-state index contributed by atoms with van der Waals surface area (Å²) < 4.78 is 0. The van der Waals surface area contributed by atoms with Gasteiger partial charge in [0.25, 0.3) is 0 Å². The van der Waals surface area contributed by atoms with E-state index in [0.29, 0.717) is 35.7 Å². The molecule has 0 bridgehead atoms. The van der Waals surface area contributed by atoms with Gasteiger partial charge in [-0.05, 0) is 25.2 Å². The van der Waals surface area contributed by atoms with E-state index >= 15 is 0 Å². The van der Waals surface area contributed by atoms with Gasteiger partial charge in [-0.2, -0.15) is 0 Å². The van der Waals surface area contributed by atoms with Gasteiger partial charge in [0, 0.05) is 31.2 Å². The van der Waals surface area contributed by atoms with E-state index in [1.807, 2.05) is 0 Å². The molecule has 20 heavy (non-hydrogen) atoms. The number of Topliss-reactive ketones (excluding diaryl/α,β-unsaturated/α-hetero) is 1. The fourth-order valence-corrected chi connectivity index (χ4v) is 3.75. The third kappa shape index (κ3) is 1.71. The summed E-state index contributed by atoms with van der Waals surface area (Å²) in [5, 5.41) is 11.9. The minimum atomic E-state index is 0.0730. The number of fused-ring (bicyclic) bond motifs is 2. The molecule has 3 aliphatic rings. The van der Waals surface area contributed by atoms with Crippen molar-refractivity contribution in [3.63, 3.8) is 0 Å². The van der Waals surface area contributed by atoms with Gasteiger partial charge in [0.2, 0.25) is 0 Å². The summed E-state index contributed by atoms with van der Waals surface area (Å²) in [6, 6.07) is 0. The molecule has 0 radical (unpaired) electrons. The number of carbonyl (C=O) groups excluding carboxylic acids is 1. The molecule has 0 amide bonds.